The second-order valence-electron chi connectivity index (χ2n) is 6.90. The molecular formula is C21H16FIN6O. The molecule has 0 saturated heterocycles. The molecule has 1 heterocycles. The summed E-state index contributed by atoms with van der Waals surface area (Å²) in [7, 11) is 0. The van der Waals surface area contributed by atoms with Crippen LogP contribution in [0.2, 0.25) is 0 Å². The minimum Gasteiger partial charge on any atom is -0.340 e. The summed E-state index contributed by atoms with van der Waals surface area (Å²) in [5.41, 5.74) is 1.14. The fourth-order valence-electron chi connectivity index (χ4n) is 2.80. The maximum Gasteiger partial charge on any atom is 0.244 e. The summed E-state index contributed by atoms with van der Waals surface area (Å²) in [5, 5.41) is 18.2. The van der Waals surface area contributed by atoms with Crippen LogP contribution in [0.15, 0.2) is 54.9 Å². The summed E-state index contributed by atoms with van der Waals surface area (Å²) >= 11 is 1.93. The van der Waals surface area contributed by atoms with E-state index in [0.717, 1.165) is 5.69 Å². The number of amides is 1. The van der Waals surface area contributed by atoms with Crippen LogP contribution in [0.4, 0.5) is 33.1 Å². The minimum absolute atomic E-state index is 0.274. The van der Waals surface area contributed by atoms with Crippen molar-refractivity contribution in [3.63, 3.8) is 0 Å². The van der Waals surface area contributed by atoms with Crippen molar-refractivity contribution in [2.24, 2.45) is 5.41 Å². The lowest BCUT2D eigenvalue weighted by atomic mass is 10.1. The molecule has 0 radical (unpaired) electrons. The molecule has 1 aromatic heterocycles. The molecule has 9 heteroatoms. The van der Waals surface area contributed by atoms with Gasteiger partial charge in [-0.3, -0.25) is 4.79 Å². The number of nitrogens with zero attached hydrogens (tertiary/aromatic N) is 3. The third-order valence-electron chi connectivity index (χ3n) is 4.65. The van der Waals surface area contributed by atoms with Gasteiger partial charge in [-0.15, -0.1) is 0 Å². The Morgan fingerprint density at radius 2 is 1.70 bits per heavy atom. The van der Waals surface area contributed by atoms with Gasteiger partial charge in [-0.1, -0.05) is 6.07 Å². The van der Waals surface area contributed by atoms with Gasteiger partial charge in [0.25, 0.3) is 0 Å². The van der Waals surface area contributed by atoms with Gasteiger partial charge in [0, 0.05) is 23.1 Å². The van der Waals surface area contributed by atoms with Crippen molar-refractivity contribution in [3.8, 4) is 6.07 Å². The molecule has 1 aliphatic carbocycles. The van der Waals surface area contributed by atoms with E-state index in [0.29, 0.717) is 39.4 Å². The number of halogens is 2. The van der Waals surface area contributed by atoms with E-state index in [1.807, 2.05) is 28.7 Å². The molecule has 4 rings (SSSR count). The van der Waals surface area contributed by atoms with Gasteiger partial charge in [-0.05, 0) is 71.8 Å². The molecule has 0 bridgehead atoms. The Bertz CT molecular complexity index is 1160. The minimum atomic E-state index is -0.880. The first-order chi connectivity index (χ1) is 14.5. The number of carbonyl (C=O) groups is 1. The Balaban J connectivity index is 1.45. The third kappa shape index (κ3) is 4.49. The first kappa shape index (κ1) is 20.0. The van der Waals surface area contributed by atoms with E-state index in [1.165, 1.54) is 12.4 Å². The molecule has 150 valence electrons. The maximum atomic E-state index is 13.4. The predicted octanol–water partition coefficient (Wildman–Crippen LogP) is 4.95. The molecule has 1 fully saturated rings. The number of carbonyl (C=O) groups excluding carboxylic acids is 1. The quantitative estimate of drug-likeness (QED) is 0.403. The highest BCUT2D eigenvalue weighted by Gasteiger charge is 2.50. The van der Waals surface area contributed by atoms with Crippen molar-refractivity contribution in [3.05, 3.63) is 64.2 Å². The van der Waals surface area contributed by atoms with Gasteiger partial charge in [-0.25, -0.2) is 14.4 Å². The van der Waals surface area contributed by atoms with E-state index in [2.05, 4.69) is 32.0 Å². The van der Waals surface area contributed by atoms with E-state index in [-0.39, 0.29) is 11.7 Å². The monoisotopic (exact) mass is 514 g/mol. The van der Waals surface area contributed by atoms with Crippen LogP contribution in [0.5, 0.6) is 0 Å². The van der Waals surface area contributed by atoms with E-state index in [1.54, 1.807) is 36.4 Å². The number of aromatic nitrogens is 2. The molecule has 1 aliphatic rings. The summed E-state index contributed by atoms with van der Waals surface area (Å²) < 4.78 is 13.9. The fourth-order valence-corrected chi connectivity index (χ4v) is 3.32. The molecule has 7 nitrogen and oxygen atoms in total. The predicted molar refractivity (Wildman–Crippen MR) is 120 cm³/mol. The fraction of sp³-hybridized carbons (Fsp3) is 0.143. The number of anilines is 5. The number of nitriles is 1. The lowest BCUT2D eigenvalue weighted by Crippen LogP contribution is -2.22. The highest BCUT2D eigenvalue weighted by atomic mass is 127. The van der Waals surface area contributed by atoms with E-state index < -0.39 is 5.41 Å². The van der Waals surface area contributed by atoms with Crippen LogP contribution in [0.3, 0.4) is 0 Å². The van der Waals surface area contributed by atoms with Crippen LogP contribution < -0.4 is 16.0 Å². The standard InChI is InChI=1S/C21H16FIN6O/c22-16-5-4-15(9-17(16)23)28-19-10-18(25-12-26-19)27-13-2-1-3-14(8-13)29-20(30)21(11-24)6-7-21/h1-5,8-10,12H,6-7H2,(H,29,30)(H2,25,26,27,28). The molecule has 0 aliphatic heterocycles. The Morgan fingerprint density at radius 3 is 2.33 bits per heavy atom. The van der Waals surface area contributed by atoms with E-state index in [9.17, 15) is 9.18 Å². The van der Waals surface area contributed by atoms with Gasteiger partial charge in [-0.2, -0.15) is 5.26 Å². The highest BCUT2D eigenvalue weighted by Crippen LogP contribution is 2.45. The van der Waals surface area contributed by atoms with Crippen LogP contribution >= 0.6 is 22.6 Å². The molecular weight excluding hydrogens is 498 g/mol. The van der Waals surface area contributed by atoms with E-state index in [4.69, 9.17) is 5.26 Å². The zero-order valence-electron chi connectivity index (χ0n) is 15.6. The second kappa shape index (κ2) is 8.23. The molecule has 3 aromatic rings. The first-order valence-electron chi connectivity index (χ1n) is 9.11. The summed E-state index contributed by atoms with van der Waals surface area (Å²) in [4.78, 5) is 20.6. The zero-order valence-corrected chi connectivity index (χ0v) is 17.8. The van der Waals surface area contributed by atoms with Gasteiger partial charge in [0.05, 0.1) is 9.64 Å². The number of hydrogen-bond donors (Lipinski definition) is 3. The SMILES string of the molecule is N#CC1(C(=O)Nc2cccc(Nc3cc(Nc4ccc(F)c(I)c4)ncn3)c2)CC1. The summed E-state index contributed by atoms with van der Waals surface area (Å²) in [6, 6.07) is 15.7. The first-order valence-corrected chi connectivity index (χ1v) is 10.2. The number of hydrogen-bond acceptors (Lipinski definition) is 6. The molecule has 0 spiro atoms. The number of rotatable bonds is 6. The van der Waals surface area contributed by atoms with Gasteiger partial charge >= 0.3 is 0 Å². The molecule has 0 atom stereocenters. The van der Waals surface area contributed by atoms with Gasteiger partial charge < -0.3 is 16.0 Å². The smallest absolute Gasteiger partial charge is 0.244 e. The Kier molecular flexibility index (Phi) is 5.50. The largest absolute Gasteiger partial charge is 0.340 e. The van der Waals surface area contributed by atoms with Gasteiger partial charge in [0.2, 0.25) is 5.91 Å². The normalized spacial score (nSPS) is 13.8. The van der Waals surface area contributed by atoms with Crippen LogP contribution in [-0.4, -0.2) is 15.9 Å². The van der Waals surface area contributed by atoms with Crippen molar-refractivity contribution in [2.75, 3.05) is 16.0 Å². The summed E-state index contributed by atoms with van der Waals surface area (Å²) in [6.07, 6.45) is 2.60. The topological polar surface area (TPSA) is 103 Å². The molecule has 0 unspecified atom stereocenters. The van der Waals surface area contributed by atoms with Crippen LogP contribution in [0.1, 0.15) is 12.8 Å². The highest BCUT2D eigenvalue weighted by molar-refractivity contribution is 14.1. The Hall–Kier alpha value is -3.26. The molecule has 2 aromatic carbocycles. The van der Waals surface area contributed by atoms with Crippen molar-refractivity contribution in [1.82, 2.24) is 9.97 Å². The molecule has 30 heavy (non-hydrogen) atoms. The average Bonchev–Trinajstić information content (AvgIpc) is 3.53. The zero-order chi connectivity index (χ0) is 21.1. The van der Waals surface area contributed by atoms with Crippen LogP contribution in [0.25, 0.3) is 0 Å². The van der Waals surface area contributed by atoms with Gasteiger partial charge in [0.1, 0.15) is 29.2 Å². The lowest BCUT2D eigenvalue weighted by molar-refractivity contribution is -0.119. The molecule has 3 N–H and O–H groups in total. The second-order valence-corrected chi connectivity index (χ2v) is 8.06. The van der Waals surface area contributed by atoms with E-state index >= 15 is 0 Å². The maximum absolute atomic E-state index is 13.4. The number of benzene rings is 2. The summed E-state index contributed by atoms with van der Waals surface area (Å²) in [5.74, 6) is 0.540. The van der Waals surface area contributed by atoms with Gasteiger partial charge in [0.15, 0.2) is 0 Å². The average molecular weight is 514 g/mol. The lowest BCUT2D eigenvalue weighted by Gasteiger charge is -2.12. The Labute approximate surface area is 185 Å². The van der Waals surface area contributed by atoms with Crippen LogP contribution in [-0.2, 0) is 4.79 Å². The number of nitrogens with one attached hydrogen (secondary N) is 3. The summed E-state index contributed by atoms with van der Waals surface area (Å²) in [6.45, 7) is 0. The molecule has 1 saturated carbocycles. The van der Waals surface area contributed by atoms with Crippen molar-refractivity contribution < 1.29 is 9.18 Å². The van der Waals surface area contributed by atoms with Crippen molar-refractivity contribution in [2.45, 2.75) is 12.8 Å². The van der Waals surface area contributed by atoms with Crippen LogP contribution in [0, 0.1) is 26.1 Å². The molecule has 1 amide bonds. The third-order valence-corrected chi connectivity index (χ3v) is 5.48. The van der Waals surface area contributed by atoms with Crippen molar-refractivity contribution >= 4 is 57.2 Å². The Morgan fingerprint density at radius 1 is 1.03 bits per heavy atom. The van der Waals surface area contributed by atoms with Crippen molar-refractivity contribution in [1.29, 1.82) is 5.26 Å².